The maximum absolute atomic E-state index is 13.2. The number of hydrogen-bond acceptors (Lipinski definition) is 9. The molecule has 12 nitrogen and oxygen atoms in total. The van der Waals surface area contributed by atoms with E-state index < -0.39 is 38.5 Å². The summed E-state index contributed by atoms with van der Waals surface area (Å²) in [6.45, 7) is 0. The van der Waals surface area contributed by atoms with E-state index in [2.05, 4.69) is 0 Å². The second-order valence-corrected chi connectivity index (χ2v) is 10.3. The lowest BCUT2D eigenvalue weighted by Crippen LogP contribution is -2.54. The maximum Gasteiger partial charge on any atom is 0.339 e. The second kappa shape index (κ2) is 10.6. The van der Waals surface area contributed by atoms with Crippen molar-refractivity contribution in [3.8, 4) is 11.5 Å². The summed E-state index contributed by atoms with van der Waals surface area (Å²) in [6, 6.07) is 14.0. The highest BCUT2D eigenvalue weighted by molar-refractivity contribution is 14.1. The Kier molecular flexibility index (Phi) is 7.45. The van der Waals surface area contributed by atoms with Gasteiger partial charge in [0, 0.05) is 12.1 Å². The third-order valence-corrected chi connectivity index (χ3v) is 7.23. The zero-order valence-electron chi connectivity index (χ0n) is 19.3. The summed E-state index contributed by atoms with van der Waals surface area (Å²) in [5.74, 6) is -2.10. The molecule has 1 saturated heterocycles. The number of carbonyl (C=O) groups excluding carboxylic acids is 3. The van der Waals surface area contributed by atoms with Crippen molar-refractivity contribution in [2.75, 3.05) is 12.0 Å². The standard InChI is InChI=1S/C24H16IN3O9S/c1-36-20-12-14(11-19(25)21(20)37-38(34,35)17-8-3-2-4-9-17)10-18-22(29)26-24(31)27(23(18)30)15-6-5-7-16(13-15)28(32)33/h2-13H,1H3,(H,26,29,31)/b18-10+. The molecule has 0 spiro atoms. The molecule has 1 aliphatic rings. The Hall–Kier alpha value is -4.31. The van der Waals surface area contributed by atoms with E-state index in [1.807, 2.05) is 27.9 Å². The molecule has 0 saturated carbocycles. The second-order valence-electron chi connectivity index (χ2n) is 7.62. The lowest BCUT2D eigenvalue weighted by atomic mass is 10.1. The first kappa shape index (κ1) is 26.7. The van der Waals surface area contributed by atoms with Gasteiger partial charge in [0.15, 0.2) is 11.5 Å². The monoisotopic (exact) mass is 649 g/mol. The number of halogens is 1. The number of carbonyl (C=O) groups is 3. The lowest BCUT2D eigenvalue weighted by molar-refractivity contribution is -0.384. The Labute approximate surface area is 229 Å². The van der Waals surface area contributed by atoms with E-state index in [0.717, 1.165) is 6.07 Å². The van der Waals surface area contributed by atoms with Crippen LogP contribution in [0.15, 0.2) is 77.2 Å². The average molecular weight is 649 g/mol. The largest absolute Gasteiger partial charge is 0.493 e. The summed E-state index contributed by atoms with van der Waals surface area (Å²) in [5.41, 5.74) is -0.657. The average Bonchev–Trinajstić information content (AvgIpc) is 2.88. The number of barbiturate groups is 1. The van der Waals surface area contributed by atoms with Gasteiger partial charge >= 0.3 is 16.1 Å². The van der Waals surface area contributed by atoms with Crippen LogP contribution in [0.3, 0.4) is 0 Å². The highest BCUT2D eigenvalue weighted by Crippen LogP contribution is 2.37. The number of rotatable bonds is 7. The van der Waals surface area contributed by atoms with E-state index in [0.29, 0.717) is 4.90 Å². The highest BCUT2D eigenvalue weighted by atomic mass is 127. The summed E-state index contributed by atoms with van der Waals surface area (Å²) in [4.78, 5) is 49.1. The smallest absolute Gasteiger partial charge is 0.339 e. The molecular weight excluding hydrogens is 633 g/mol. The Balaban J connectivity index is 1.71. The van der Waals surface area contributed by atoms with Gasteiger partial charge < -0.3 is 8.92 Å². The van der Waals surface area contributed by atoms with E-state index in [4.69, 9.17) is 8.92 Å². The van der Waals surface area contributed by atoms with Gasteiger partial charge in [0.2, 0.25) is 0 Å². The zero-order valence-corrected chi connectivity index (χ0v) is 22.3. The minimum absolute atomic E-state index is 0.00135. The van der Waals surface area contributed by atoms with Crippen molar-refractivity contribution >= 4 is 68.0 Å². The molecule has 0 atom stereocenters. The number of non-ortho nitro benzene ring substituents is 1. The van der Waals surface area contributed by atoms with Gasteiger partial charge in [-0.2, -0.15) is 8.42 Å². The van der Waals surface area contributed by atoms with Crippen molar-refractivity contribution < 1.29 is 36.6 Å². The normalized spacial score (nSPS) is 14.8. The molecule has 3 aromatic rings. The predicted octanol–water partition coefficient (Wildman–Crippen LogP) is 3.64. The summed E-state index contributed by atoms with van der Waals surface area (Å²) >= 11 is 1.81. The molecular formula is C24H16IN3O9S. The number of nitrogens with one attached hydrogen (secondary N) is 1. The molecule has 4 rings (SSSR count). The Bertz CT molecular complexity index is 1620. The van der Waals surface area contributed by atoms with Gasteiger partial charge in [-0.15, -0.1) is 0 Å². The van der Waals surface area contributed by atoms with Crippen LogP contribution in [0.1, 0.15) is 5.56 Å². The first-order valence-electron chi connectivity index (χ1n) is 10.5. The third kappa shape index (κ3) is 5.35. The van der Waals surface area contributed by atoms with Gasteiger partial charge in [0.25, 0.3) is 17.5 Å². The molecule has 0 unspecified atom stereocenters. The van der Waals surface area contributed by atoms with Crippen LogP contribution >= 0.6 is 22.6 Å². The number of anilines is 1. The number of ether oxygens (including phenoxy) is 1. The van der Waals surface area contributed by atoms with Gasteiger partial charge in [0.1, 0.15) is 10.5 Å². The molecule has 0 bridgehead atoms. The molecule has 1 aliphatic heterocycles. The molecule has 4 amide bonds. The van der Waals surface area contributed by atoms with Crippen molar-refractivity contribution in [2.45, 2.75) is 4.90 Å². The van der Waals surface area contributed by atoms with Crippen molar-refractivity contribution in [1.82, 2.24) is 5.32 Å². The molecule has 1 N–H and O–H groups in total. The summed E-state index contributed by atoms with van der Waals surface area (Å²) in [5, 5.41) is 13.2. The van der Waals surface area contributed by atoms with Crippen LogP contribution in [0.25, 0.3) is 6.08 Å². The Morgan fingerprint density at radius 2 is 1.74 bits per heavy atom. The number of hydrogen-bond donors (Lipinski definition) is 1. The fraction of sp³-hybridized carbons (Fsp3) is 0.0417. The topological polar surface area (TPSA) is 162 Å². The van der Waals surface area contributed by atoms with Crippen LogP contribution in [0.5, 0.6) is 11.5 Å². The Morgan fingerprint density at radius 1 is 1.03 bits per heavy atom. The molecule has 0 aliphatic carbocycles. The van der Waals surface area contributed by atoms with Crippen LogP contribution in [-0.4, -0.2) is 38.3 Å². The molecule has 1 fully saturated rings. The number of amides is 4. The van der Waals surface area contributed by atoms with Gasteiger partial charge in [-0.05, 0) is 64.6 Å². The van der Waals surface area contributed by atoms with Crippen LogP contribution in [0.4, 0.5) is 16.2 Å². The lowest BCUT2D eigenvalue weighted by Gasteiger charge is -2.26. The summed E-state index contributed by atoms with van der Waals surface area (Å²) < 4.78 is 36.3. The molecule has 194 valence electrons. The van der Waals surface area contributed by atoms with E-state index in [1.165, 1.54) is 55.7 Å². The number of nitro groups is 1. The molecule has 1 heterocycles. The van der Waals surface area contributed by atoms with Gasteiger partial charge in [-0.25, -0.2) is 9.69 Å². The van der Waals surface area contributed by atoms with Crippen molar-refractivity contribution in [3.05, 3.63) is 91.6 Å². The zero-order chi connectivity index (χ0) is 27.6. The number of nitro benzene ring substituents is 1. The van der Waals surface area contributed by atoms with Gasteiger partial charge in [-0.3, -0.25) is 25.0 Å². The number of imide groups is 2. The van der Waals surface area contributed by atoms with Crippen molar-refractivity contribution in [1.29, 1.82) is 0 Å². The highest BCUT2D eigenvalue weighted by Gasteiger charge is 2.37. The first-order chi connectivity index (χ1) is 18.0. The van der Waals surface area contributed by atoms with E-state index in [9.17, 15) is 32.9 Å². The minimum atomic E-state index is -4.19. The summed E-state index contributed by atoms with van der Waals surface area (Å²) in [7, 11) is -2.91. The number of nitrogens with zero attached hydrogens (tertiary/aromatic N) is 2. The summed E-state index contributed by atoms with van der Waals surface area (Å²) in [6.07, 6.45) is 1.18. The van der Waals surface area contributed by atoms with E-state index in [1.54, 1.807) is 18.2 Å². The van der Waals surface area contributed by atoms with Crippen molar-refractivity contribution in [2.24, 2.45) is 0 Å². The quantitative estimate of drug-likeness (QED) is 0.101. The number of urea groups is 1. The minimum Gasteiger partial charge on any atom is -0.493 e. The number of methoxy groups -OCH3 is 1. The predicted molar refractivity (Wildman–Crippen MR) is 142 cm³/mol. The fourth-order valence-electron chi connectivity index (χ4n) is 3.45. The van der Waals surface area contributed by atoms with Crippen LogP contribution in [-0.2, 0) is 19.7 Å². The fourth-order valence-corrected chi connectivity index (χ4v) is 5.32. The third-order valence-electron chi connectivity index (χ3n) is 5.19. The SMILES string of the molecule is COc1cc(/C=C2\C(=O)NC(=O)N(c3cccc([N+](=O)[O-])c3)C2=O)cc(I)c1OS(=O)(=O)c1ccccc1. The van der Waals surface area contributed by atoms with Crippen LogP contribution < -0.4 is 19.1 Å². The molecule has 14 heteroatoms. The Morgan fingerprint density at radius 3 is 2.39 bits per heavy atom. The first-order valence-corrected chi connectivity index (χ1v) is 13.0. The molecule has 0 radical (unpaired) electrons. The van der Waals surface area contributed by atoms with Crippen molar-refractivity contribution in [3.63, 3.8) is 0 Å². The van der Waals surface area contributed by atoms with Crippen LogP contribution in [0.2, 0.25) is 0 Å². The van der Waals surface area contributed by atoms with Crippen LogP contribution in [0, 0.1) is 13.7 Å². The van der Waals surface area contributed by atoms with Gasteiger partial charge in [-0.1, -0.05) is 24.3 Å². The molecule has 38 heavy (non-hydrogen) atoms. The molecule has 0 aromatic heterocycles. The molecule has 3 aromatic carbocycles. The maximum atomic E-state index is 13.2. The van der Waals surface area contributed by atoms with E-state index in [-0.39, 0.29) is 36.9 Å². The van der Waals surface area contributed by atoms with Gasteiger partial charge in [0.05, 0.1) is 21.3 Å². The van der Waals surface area contributed by atoms with E-state index >= 15 is 0 Å². The number of benzene rings is 3.